The molecule has 3 unspecified atom stereocenters. The van der Waals surface area contributed by atoms with Crippen molar-refractivity contribution < 1.29 is 40.7 Å². The molecule has 2 heterocycles. The molecule has 2 aromatic carbocycles. The van der Waals surface area contributed by atoms with Crippen molar-refractivity contribution in [2.45, 2.75) is 44.9 Å². The predicted octanol–water partition coefficient (Wildman–Crippen LogP) is 5.68. The zero-order chi connectivity index (χ0) is 26.9. The maximum absolute atomic E-state index is 13.5. The Morgan fingerprint density at radius 3 is 2.32 bits per heavy atom. The Hall–Kier alpha value is -3.76. The highest BCUT2D eigenvalue weighted by Crippen LogP contribution is 2.45. The van der Waals surface area contributed by atoms with E-state index in [-0.39, 0.29) is 23.4 Å². The number of hydrogen-bond donors (Lipinski definition) is 1. The second-order valence-corrected chi connectivity index (χ2v) is 9.23. The first kappa shape index (κ1) is 24.9. The standard InChI is InChI=1S/C26H20F6N2O3/c1-12-13(2)24(37-11-18-17-9-14-5-3-4-6-16(14)21(17)33-22(18)35)34(23(12)36)15-7-8-19(25(27,28)29)20(10-15)26(30,31)32/h3-8,10-11,17,21,24H,9H2,1-2H3,(H,33,35). The van der Waals surface area contributed by atoms with Gasteiger partial charge in [-0.05, 0) is 55.2 Å². The fourth-order valence-corrected chi connectivity index (χ4v) is 5.15. The number of ether oxygens (including phenoxy) is 1. The van der Waals surface area contributed by atoms with Gasteiger partial charge in [0.05, 0.1) is 29.0 Å². The minimum absolute atomic E-state index is 0.180. The van der Waals surface area contributed by atoms with Gasteiger partial charge in [-0.15, -0.1) is 0 Å². The molecular formula is C26H20F6N2O3. The average Bonchev–Trinajstić information content (AvgIpc) is 3.40. The van der Waals surface area contributed by atoms with Crippen LogP contribution in [0.2, 0.25) is 0 Å². The van der Waals surface area contributed by atoms with E-state index < -0.39 is 41.3 Å². The van der Waals surface area contributed by atoms with Crippen molar-refractivity contribution in [3.8, 4) is 0 Å². The van der Waals surface area contributed by atoms with Gasteiger partial charge in [0, 0.05) is 17.2 Å². The maximum atomic E-state index is 13.5. The summed E-state index contributed by atoms with van der Waals surface area (Å²) in [4.78, 5) is 26.5. The van der Waals surface area contributed by atoms with E-state index in [0.29, 0.717) is 29.7 Å². The number of hydrogen-bond acceptors (Lipinski definition) is 3. The number of nitrogens with zero attached hydrogens (tertiary/aromatic N) is 1. The molecule has 2 aliphatic heterocycles. The highest BCUT2D eigenvalue weighted by molar-refractivity contribution is 6.09. The summed E-state index contributed by atoms with van der Waals surface area (Å²) in [6.45, 7) is 2.98. The lowest BCUT2D eigenvalue weighted by atomic mass is 9.97. The first-order chi connectivity index (χ1) is 17.3. The van der Waals surface area contributed by atoms with Crippen LogP contribution < -0.4 is 10.2 Å². The molecule has 37 heavy (non-hydrogen) atoms. The Morgan fingerprint density at radius 1 is 0.973 bits per heavy atom. The number of rotatable bonds is 3. The summed E-state index contributed by atoms with van der Waals surface area (Å²) in [5.41, 5.74) is -1.27. The molecule has 5 nitrogen and oxygen atoms in total. The normalized spacial score (nSPS) is 24.6. The Kier molecular flexibility index (Phi) is 5.65. The van der Waals surface area contributed by atoms with Crippen LogP contribution in [-0.2, 0) is 33.1 Å². The first-order valence-corrected chi connectivity index (χ1v) is 11.3. The smallest absolute Gasteiger partial charge is 0.417 e. The van der Waals surface area contributed by atoms with Crippen LogP contribution in [0, 0.1) is 5.92 Å². The van der Waals surface area contributed by atoms with Gasteiger partial charge in [0.2, 0.25) is 6.23 Å². The van der Waals surface area contributed by atoms with Crippen LogP contribution in [0.5, 0.6) is 0 Å². The van der Waals surface area contributed by atoms with E-state index in [1.807, 2.05) is 24.3 Å². The largest absolute Gasteiger partial charge is 0.473 e. The van der Waals surface area contributed by atoms with Crippen molar-refractivity contribution in [1.29, 1.82) is 0 Å². The Labute approximate surface area is 207 Å². The number of alkyl halides is 6. The van der Waals surface area contributed by atoms with Crippen LogP contribution in [0.4, 0.5) is 32.0 Å². The van der Waals surface area contributed by atoms with Crippen LogP contribution >= 0.6 is 0 Å². The van der Waals surface area contributed by atoms with Gasteiger partial charge >= 0.3 is 12.4 Å². The predicted molar refractivity (Wildman–Crippen MR) is 120 cm³/mol. The zero-order valence-electron chi connectivity index (χ0n) is 19.5. The minimum Gasteiger partial charge on any atom is -0.473 e. The molecular weight excluding hydrogens is 502 g/mol. The molecule has 3 atom stereocenters. The fourth-order valence-electron chi connectivity index (χ4n) is 5.15. The highest BCUT2D eigenvalue weighted by atomic mass is 19.4. The number of nitrogens with one attached hydrogen (secondary N) is 1. The maximum Gasteiger partial charge on any atom is 0.417 e. The molecule has 5 rings (SSSR count). The molecule has 0 aromatic heterocycles. The molecule has 2 aromatic rings. The molecule has 2 amide bonds. The van der Waals surface area contributed by atoms with E-state index in [0.717, 1.165) is 22.1 Å². The van der Waals surface area contributed by atoms with Crippen LogP contribution in [0.1, 0.15) is 42.1 Å². The van der Waals surface area contributed by atoms with Gasteiger partial charge in [0.25, 0.3) is 11.8 Å². The number of halogens is 6. The quantitative estimate of drug-likeness (QED) is 0.321. The molecule has 0 saturated carbocycles. The molecule has 1 N–H and O–H groups in total. The Morgan fingerprint density at radius 2 is 1.65 bits per heavy atom. The highest BCUT2D eigenvalue weighted by Gasteiger charge is 2.46. The van der Waals surface area contributed by atoms with Crippen LogP contribution in [0.25, 0.3) is 0 Å². The number of fused-ring (bicyclic) bond motifs is 3. The molecule has 0 spiro atoms. The first-order valence-electron chi connectivity index (χ1n) is 11.3. The van der Waals surface area contributed by atoms with Gasteiger partial charge in [-0.2, -0.15) is 26.3 Å². The lowest BCUT2D eigenvalue weighted by Crippen LogP contribution is -2.37. The van der Waals surface area contributed by atoms with Gasteiger partial charge in [-0.25, -0.2) is 0 Å². The second kappa shape index (κ2) is 8.39. The molecule has 1 aliphatic carbocycles. The van der Waals surface area contributed by atoms with Gasteiger partial charge in [-0.1, -0.05) is 24.3 Å². The summed E-state index contributed by atoms with van der Waals surface area (Å²) in [6.07, 6.45) is -10.0. The van der Waals surface area contributed by atoms with E-state index in [9.17, 15) is 35.9 Å². The summed E-state index contributed by atoms with van der Waals surface area (Å²) in [5, 5.41) is 2.90. The minimum atomic E-state index is -5.31. The van der Waals surface area contributed by atoms with Crippen molar-refractivity contribution in [2.24, 2.45) is 5.92 Å². The average molecular weight is 522 g/mol. The summed E-state index contributed by atoms with van der Waals surface area (Å²) in [7, 11) is 0. The van der Waals surface area contributed by atoms with Crippen molar-refractivity contribution in [3.05, 3.63) is 87.7 Å². The number of carbonyl (C=O) groups excluding carboxylic acids is 2. The lowest BCUT2D eigenvalue weighted by molar-refractivity contribution is -0.162. The van der Waals surface area contributed by atoms with Gasteiger partial charge in [0.1, 0.15) is 0 Å². The zero-order valence-corrected chi connectivity index (χ0v) is 19.5. The third kappa shape index (κ3) is 4.06. The van der Waals surface area contributed by atoms with E-state index in [1.54, 1.807) is 0 Å². The van der Waals surface area contributed by atoms with Crippen LogP contribution in [0.3, 0.4) is 0 Å². The van der Waals surface area contributed by atoms with Crippen molar-refractivity contribution >= 4 is 17.5 Å². The Balaban J connectivity index is 1.49. The molecule has 0 radical (unpaired) electrons. The monoisotopic (exact) mass is 522 g/mol. The van der Waals surface area contributed by atoms with Gasteiger partial charge < -0.3 is 10.1 Å². The Bertz CT molecular complexity index is 1380. The molecule has 1 fully saturated rings. The molecule has 11 heteroatoms. The van der Waals surface area contributed by atoms with Crippen molar-refractivity contribution in [1.82, 2.24) is 5.32 Å². The summed E-state index contributed by atoms with van der Waals surface area (Å²) >= 11 is 0. The fraction of sp³-hybridized carbons (Fsp3) is 0.308. The molecule has 1 saturated heterocycles. The summed E-state index contributed by atoms with van der Waals surface area (Å²) < 4.78 is 86.1. The van der Waals surface area contributed by atoms with Crippen molar-refractivity contribution in [2.75, 3.05) is 4.90 Å². The SMILES string of the molecule is CC1=C(C)C(OC=C2C(=O)NC3c4ccccc4CC23)N(c2ccc(C(F)(F)F)c(C(F)(F)F)c2)C1=O. The summed E-state index contributed by atoms with van der Waals surface area (Å²) in [6, 6.07) is 8.77. The molecule has 194 valence electrons. The number of anilines is 1. The van der Waals surface area contributed by atoms with Crippen LogP contribution in [-0.4, -0.2) is 18.0 Å². The lowest BCUT2D eigenvalue weighted by Gasteiger charge is -2.27. The molecule has 0 bridgehead atoms. The van der Waals surface area contributed by atoms with Crippen molar-refractivity contribution in [3.63, 3.8) is 0 Å². The molecule has 3 aliphatic rings. The number of amides is 2. The van der Waals surface area contributed by atoms with E-state index in [4.69, 9.17) is 4.74 Å². The number of carbonyl (C=O) groups is 2. The van der Waals surface area contributed by atoms with E-state index in [1.165, 1.54) is 20.1 Å². The second-order valence-electron chi connectivity index (χ2n) is 9.23. The van der Waals surface area contributed by atoms with Gasteiger partial charge in [-0.3, -0.25) is 14.5 Å². The third-order valence-electron chi connectivity index (χ3n) is 7.13. The number of benzene rings is 2. The van der Waals surface area contributed by atoms with E-state index in [2.05, 4.69) is 5.32 Å². The third-order valence-corrected chi connectivity index (χ3v) is 7.13. The summed E-state index contributed by atoms with van der Waals surface area (Å²) in [5.74, 6) is -1.31. The van der Waals surface area contributed by atoms with Crippen LogP contribution in [0.15, 0.2) is 65.4 Å². The van der Waals surface area contributed by atoms with Gasteiger partial charge in [0.15, 0.2) is 0 Å². The topological polar surface area (TPSA) is 58.6 Å². The van der Waals surface area contributed by atoms with E-state index >= 15 is 0 Å².